The van der Waals surface area contributed by atoms with Gasteiger partial charge in [-0.1, -0.05) is 62.4 Å². The fourth-order valence-electron chi connectivity index (χ4n) is 3.43. The molecular formula is C28H39N3O4. The normalized spacial score (nSPS) is 12.7. The number of hydrogen-bond acceptors (Lipinski definition) is 6. The summed E-state index contributed by atoms with van der Waals surface area (Å²) >= 11 is 0. The van der Waals surface area contributed by atoms with Crippen molar-refractivity contribution in [2.24, 2.45) is 5.92 Å². The van der Waals surface area contributed by atoms with Crippen molar-refractivity contribution < 1.29 is 19.5 Å². The highest BCUT2D eigenvalue weighted by molar-refractivity contribution is 5.90. The molecule has 4 N–H and O–H groups in total. The van der Waals surface area contributed by atoms with E-state index in [1.165, 1.54) is 11.6 Å². The Morgan fingerprint density at radius 1 is 0.914 bits per heavy atom. The lowest BCUT2D eigenvalue weighted by Crippen LogP contribution is -2.41. The first-order valence-corrected chi connectivity index (χ1v) is 12.0. The lowest BCUT2D eigenvalue weighted by Gasteiger charge is -2.25. The Hall–Kier alpha value is -3.00. The van der Waals surface area contributed by atoms with Crippen LogP contribution in [0.1, 0.15) is 63.3 Å². The van der Waals surface area contributed by atoms with E-state index < -0.39 is 11.5 Å². The minimum atomic E-state index is -0.559. The second-order valence-corrected chi connectivity index (χ2v) is 10.1. The number of hydrogen-bond donors (Lipinski definition) is 4. The van der Waals surface area contributed by atoms with Gasteiger partial charge in [0.15, 0.2) is 0 Å². The number of carbonyl (C=O) groups is 2. The fourth-order valence-corrected chi connectivity index (χ4v) is 3.43. The minimum absolute atomic E-state index is 0.202. The molecule has 0 radical (unpaired) electrons. The Balaban J connectivity index is 1.82. The van der Waals surface area contributed by atoms with Crippen LogP contribution in [0.5, 0.6) is 0 Å². The Bertz CT molecular complexity index is 961. The van der Waals surface area contributed by atoms with Crippen molar-refractivity contribution in [1.82, 2.24) is 16.1 Å². The average molecular weight is 482 g/mol. The molecule has 0 unspecified atom stereocenters. The Morgan fingerprint density at radius 3 is 1.91 bits per heavy atom. The number of carbonyl (C=O) groups excluding carboxylic acids is 2. The maximum absolute atomic E-state index is 12.6. The van der Waals surface area contributed by atoms with Crippen LogP contribution >= 0.6 is 0 Å². The number of amides is 1. The highest BCUT2D eigenvalue weighted by atomic mass is 16.6. The maximum Gasteiger partial charge on any atom is 0.323 e. The summed E-state index contributed by atoms with van der Waals surface area (Å²) in [7, 11) is 0. The molecule has 0 aromatic heterocycles. The van der Waals surface area contributed by atoms with Gasteiger partial charge in [-0.25, -0.2) is 5.48 Å². The van der Waals surface area contributed by atoms with Gasteiger partial charge in [0.1, 0.15) is 11.6 Å². The smallest absolute Gasteiger partial charge is 0.323 e. The third-order valence-corrected chi connectivity index (χ3v) is 5.15. The van der Waals surface area contributed by atoms with Crippen LogP contribution in [-0.4, -0.2) is 28.7 Å². The number of hydroxylamine groups is 1. The van der Waals surface area contributed by atoms with Crippen LogP contribution < -0.4 is 16.1 Å². The van der Waals surface area contributed by atoms with Crippen molar-refractivity contribution in [3.05, 3.63) is 76.9 Å². The van der Waals surface area contributed by atoms with E-state index in [1.807, 2.05) is 45.0 Å². The molecule has 2 aromatic carbocycles. The third kappa shape index (κ3) is 11.3. The zero-order chi connectivity index (χ0) is 25.8. The van der Waals surface area contributed by atoms with Gasteiger partial charge in [0, 0.05) is 25.7 Å². The van der Waals surface area contributed by atoms with Gasteiger partial charge in [-0.3, -0.25) is 14.8 Å². The van der Waals surface area contributed by atoms with Crippen molar-refractivity contribution in [2.45, 2.75) is 72.3 Å². The lowest BCUT2D eigenvalue weighted by molar-refractivity contribution is -0.158. The predicted molar refractivity (Wildman–Crippen MR) is 138 cm³/mol. The van der Waals surface area contributed by atoms with Gasteiger partial charge >= 0.3 is 5.97 Å². The summed E-state index contributed by atoms with van der Waals surface area (Å²) in [5.41, 5.74) is 5.37. The molecule has 0 fully saturated rings. The van der Waals surface area contributed by atoms with E-state index in [0.717, 1.165) is 36.2 Å². The van der Waals surface area contributed by atoms with Crippen molar-refractivity contribution in [3.63, 3.8) is 0 Å². The van der Waals surface area contributed by atoms with E-state index in [0.29, 0.717) is 12.5 Å². The quantitative estimate of drug-likeness (QED) is 0.156. The van der Waals surface area contributed by atoms with Gasteiger partial charge in [0.05, 0.1) is 0 Å². The molecule has 0 spiro atoms. The molecule has 1 atom stereocenters. The largest absolute Gasteiger partial charge is 0.459 e. The van der Waals surface area contributed by atoms with Crippen molar-refractivity contribution in [2.75, 3.05) is 0 Å². The van der Waals surface area contributed by atoms with Crippen LogP contribution in [0.15, 0.2) is 54.6 Å². The van der Waals surface area contributed by atoms with Crippen LogP contribution in [0.3, 0.4) is 0 Å². The number of rotatable bonds is 12. The predicted octanol–water partition coefficient (Wildman–Crippen LogP) is 4.34. The number of nitrogens with one attached hydrogen (secondary N) is 3. The summed E-state index contributed by atoms with van der Waals surface area (Å²) in [6.45, 7) is 11.9. The van der Waals surface area contributed by atoms with Crippen LogP contribution in [-0.2, 0) is 34.0 Å². The first-order valence-electron chi connectivity index (χ1n) is 12.0. The average Bonchev–Trinajstić information content (AvgIpc) is 2.80. The van der Waals surface area contributed by atoms with Crippen molar-refractivity contribution >= 4 is 18.0 Å². The first kappa shape index (κ1) is 28.2. The molecule has 0 bridgehead atoms. The van der Waals surface area contributed by atoms with Crippen molar-refractivity contribution in [3.8, 4) is 0 Å². The SMILES string of the molecule is CC(C)C[C@H](NCc1ccc(CNCc2ccc(C=CC(=O)NO)cc2)cc1)C(=O)OC(C)(C)C. The topological polar surface area (TPSA) is 99.7 Å². The maximum atomic E-state index is 12.6. The molecule has 1 amide bonds. The standard InChI is InChI=1S/C28H39N3O4/c1-20(2)16-25(27(33)35-28(3,4)5)30-19-24-12-10-23(11-13-24)18-29-17-22-8-6-21(7-9-22)14-15-26(32)31-34/h6-15,20,25,29-30,34H,16-19H2,1-5H3,(H,31,32)/t25-/m0/s1. The van der Waals surface area contributed by atoms with E-state index >= 15 is 0 Å². The minimum Gasteiger partial charge on any atom is -0.459 e. The zero-order valence-corrected chi connectivity index (χ0v) is 21.4. The van der Waals surface area contributed by atoms with Crippen LogP contribution in [0.25, 0.3) is 6.08 Å². The number of ether oxygens (including phenoxy) is 1. The Morgan fingerprint density at radius 2 is 1.43 bits per heavy atom. The van der Waals surface area contributed by atoms with Gasteiger partial charge in [-0.15, -0.1) is 0 Å². The highest BCUT2D eigenvalue weighted by Gasteiger charge is 2.25. The van der Waals surface area contributed by atoms with Gasteiger partial charge in [0.2, 0.25) is 0 Å². The highest BCUT2D eigenvalue weighted by Crippen LogP contribution is 2.14. The summed E-state index contributed by atoms with van der Waals surface area (Å²) in [6.07, 6.45) is 3.64. The molecule has 0 aliphatic carbocycles. The third-order valence-electron chi connectivity index (χ3n) is 5.15. The van der Waals surface area contributed by atoms with Crippen molar-refractivity contribution in [1.29, 1.82) is 0 Å². The van der Waals surface area contributed by atoms with Gasteiger partial charge < -0.3 is 15.4 Å². The molecule has 7 nitrogen and oxygen atoms in total. The second kappa shape index (κ2) is 13.8. The molecule has 2 aromatic rings. The van der Waals surface area contributed by atoms with E-state index in [2.05, 4.69) is 48.7 Å². The van der Waals surface area contributed by atoms with E-state index in [-0.39, 0.29) is 12.0 Å². The number of benzene rings is 2. The molecule has 0 saturated heterocycles. The van der Waals surface area contributed by atoms with E-state index in [9.17, 15) is 9.59 Å². The van der Waals surface area contributed by atoms with E-state index in [4.69, 9.17) is 9.94 Å². The van der Waals surface area contributed by atoms with E-state index in [1.54, 1.807) is 11.6 Å². The fraction of sp³-hybridized carbons (Fsp3) is 0.429. The summed E-state index contributed by atoms with van der Waals surface area (Å²) in [6, 6.07) is 15.8. The van der Waals surface area contributed by atoms with Crippen LogP contribution in [0.4, 0.5) is 0 Å². The summed E-state index contributed by atoms with van der Waals surface area (Å²) < 4.78 is 5.58. The van der Waals surface area contributed by atoms with Crippen LogP contribution in [0.2, 0.25) is 0 Å². The summed E-state index contributed by atoms with van der Waals surface area (Å²) in [4.78, 5) is 23.6. The summed E-state index contributed by atoms with van der Waals surface area (Å²) in [5.74, 6) is -0.378. The van der Waals surface area contributed by atoms with Gasteiger partial charge in [0.25, 0.3) is 5.91 Å². The molecule has 0 aliphatic rings. The van der Waals surface area contributed by atoms with Gasteiger partial charge in [-0.05, 0) is 61.4 Å². The molecule has 190 valence electrons. The number of esters is 1. The summed E-state index contributed by atoms with van der Waals surface area (Å²) in [5, 5.41) is 15.3. The van der Waals surface area contributed by atoms with Crippen LogP contribution in [0, 0.1) is 5.92 Å². The monoisotopic (exact) mass is 481 g/mol. The molecular weight excluding hydrogens is 442 g/mol. The molecule has 0 heterocycles. The molecule has 35 heavy (non-hydrogen) atoms. The molecule has 0 aliphatic heterocycles. The Kier molecular flexibility index (Phi) is 11.1. The molecule has 2 rings (SSSR count). The molecule has 7 heteroatoms. The van der Waals surface area contributed by atoms with Gasteiger partial charge in [-0.2, -0.15) is 0 Å². The molecule has 0 saturated carbocycles. The lowest BCUT2D eigenvalue weighted by atomic mass is 10.0. The zero-order valence-electron chi connectivity index (χ0n) is 21.4. The Labute approximate surface area is 208 Å². The second-order valence-electron chi connectivity index (χ2n) is 10.1. The first-order chi connectivity index (χ1) is 16.6.